The fourth-order valence-corrected chi connectivity index (χ4v) is 3.63. The maximum absolute atomic E-state index is 12.4. The number of anilines is 2. The topological polar surface area (TPSA) is 110 Å². The van der Waals surface area contributed by atoms with Crippen LogP contribution >= 0.6 is 15.9 Å². The van der Waals surface area contributed by atoms with Crippen LogP contribution in [0.3, 0.4) is 0 Å². The molecule has 10 heteroatoms. The molecule has 0 radical (unpaired) electrons. The van der Waals surface area contributed by atoms with Gasteiger partial charge in [0.05, 0.1) is 28.1 Å². The molecule has 138 valence electrons. The lowest BCUT2D eigenvalue weighted by Gasteiger charge is -2.23. The standard InChI is InChI=1S/C16H16BrN3O5S/c1-11-14(8-5-9-15(11)20(22)23)19(26(2,24)25)10-16(21)18-13-7-4-3-6-12(13)17/h3-9H,10H2,1-2H3,(H,18,21). The van der Waals surface area contributed by atoms with E-state index in [0.717, 1.165) is 10.6 Å². The molecule has 0 atom stereocenters. The van der Waals surface area contributed by atoms with Gasteiger partial charge in [-0.15, -0.1) is 0 Å². The van der Waals surface area contributed by atoms with Crippen LogP contribution in [0.15, 0.2) is 46.9 Å². The van der Waals surface area contributed by atoms with Crippen LogP contribution in [0.1, 0.15) is 5.56 Å². The number of nitrogens with one attached hydrogen (secondary N) is 1. The molecule has 0 fully saturated rings. The van der Waals surface area contributed by atoms with Crippen molar-refractivity contribution >= 4 is 48.9 Å². The molecule has 0 spiro atoms. The van der Waals surface area contributed by atoms with Gasteiger partial charge in [0.15, 0.2) is 0 Å². The van der Waals surface area contributed by atoms with Gasteiger partial charge in [-0.2, -0.15) is 0 Å². The molecule has 0 heterocycles. The summed E-state index contributed by atoms with van der Waals surface area (Å²) in [5.74, 6) is -0.576. The van der Waals surface area contributed by atoms with Crippen LogP contribution < -0.4 is 9.62 Å². The smallest absolute Gasteiger partial charge is 0.274 e. The summed E-state index contributed by atoms with van der Waals surface area (Å²) in [6, 6.07) is 11.0. The van der Waals surface area contributed by atoms with Crippen LogP contribution in [-0.2, 0) is 14.8 Å². The molecule has 0 saturated carbocycles. The summed E-state index contributed by atoms with van der Waals surface area (Å²) in [7, 11) is -3.84. The van der Waals surface area contributed by atoms with Crippen molar-refractivity contribution in [1.29, 1.82) is 0 Å². The molecule has 0 bridgehead atoms. The fourth-order valence-electron chi connectivity index (χ4n) is 2.34. The number of nitro benzene ring substituents is 1. The largest absolute Gasteiger partial charge is 0.323 e. The Bertz CT molecular complexity index is 962. The quantitative estimate of drug-likeness (QED) is 0.546. The van der Waals surface area contributed by atoms with Crippen molar-refractivity contribution < 1.29 is 18.1 Å². The summed E-state index contributed by atoms with van der Waals surface area (Å²) in [5, 5.41) is 13.7. The number of hydrogen-bond donors (Lipinski definition) is 1. The third-order valence-corrected chi connectivity index (χ3v) is 5.40. The normalized spacial score (nSPS) is 11.0. The van der Waals surface area contributed by atoms with Gasteiger partial charge in [-0.05, 0) is 41.1 Å². The number of para-hydroxylation sites is 1. The van der Waals surface area contributed by atoms with Crippen molar-refractivity contribution in [1.82, 2.24) is 0 Å². The summed E-state index contributed by atoms with van der Waals surface area (Å²) >= 11 is 3.29. The molecule has 0 saturated heterocycles. The number of amides is 1. The third-order valence-electron chi connectivity index (χ3n) is 3.58. The van der Waals surface area contributed by atoms with Gasteiger partial charge in [-0.25, -0.2) is 8.42 Å². The van der Waals surface area contributed by atoms with Crippen molar-refractivity contribution in [3.8, 4) is 0 Å². The van der Waals surface area contributed by atoms with Gasteiger partial charge in [0, 0.05) is 10.5 Å². The monoisotopic (exact) mass is 441 g/mol. The maximum atomic E-state index is 12.4. The van der Waals surface area contributed by atoms with Crippen LogP contribution in [0, 0.1) is 17.0 Å². The van der Waals surface area contributed by atoms with Gasteiger partial charge in [0.25, 0.3) is 5.69 Å². The Labute approximate surface area is 159 Å². The number of hydrogen-bond acceptors (Lipinski definition) is 5. The predicted molar refractivity (Wildman–Crippen MR) is 103 cm³/mol. The number of carbonyl (C=O) groups excluding carboxylic acids is 1. The molecule has 2 aromatic carbocycles. The highest BCUT2D eigenvalue weighted by molar-refractivity contribution is 9.10. The zero-order valence-corrected chi connectivity index (χ0v) is 16.4. The van der Waals surface area contributed by atoms with E-state index in [9.17, 15) is 23.3 Å². The fraction of sp³-hybridized carbons (Fsp3) is 0.188. The lowest BCUT2D eigenvalue weighted by molar-refractivity contribution is -0.385. The minimum Gasteiger partial charge on any atom is -0.323 e. The Hall–Kier alpha value is -2.46. The highest BCUT2D eigenvalue weighted by atomic mass is 79.9. The lowest BCUT2D eigenvalue weighted by atomic mass is 10.1. The SMILES string of the molecule is Cc1c(N(CC(=O)Nc2ccccc2Br)S(C)(=O)=O)cccc1[N+](=O)[O-]. The summed E-state index contributed by atoms with van der Waals surface area (Å²) in [6.07, 6.45) is 0.941. The Morgan fingerprint density at radius 1 is 1.23 bits per heavy atom. The predicted octanol–water partition coefficient (Wildman–Crippen LogP) is 3.07. The van der Waals surface area contributed by atoms with Crippen LogP contribution in [0.2, 0.25) is 0 Å². The van der Waals surface area contributed by atoms with Crippen molar-refractivity contribution in [2.24, 2.45) is 0 Å². The molecule has 0 aliphatic carbocycles. The molecular weight excluding hydrogens is 426 g/mol. The van der Waals surface area contributed by atoms with Gasteiger partial charge in [0.2, 0.25) is 15.9 Å². The number of nitrogens with zero attached hydrogens (tertiary/aromatic N) is 2. The van der Waals surface area contributed by atoms with E-state index in [0.29, 0.717) is 10.2 Å². The summed E-state index contributed by atoms with van der Waals surface area (Å²) in [4.78, 5) is 22.9. The van der Waals surface area contributed by atoms with Crippen LogP contribution in [-0.4, -0.2) is 32.0 Å². The Balaban J connectivity index is 2.36. The van der Waals surface area contributed by atoms with E-state index in [2.05, 4.69) is 21.2 Å². The number of nitro groups is 1. The second-order valence-corrected chi connectivity index (χ2v) is 8.24. The summed E-state index contributed by atoms with van der Waals surface area (Å²) in [5.41, 5.74) is 0.518. The minimum absolute atomic E-state index is 0.0870. The van der Waals surface area contributed by atoms with E-state index < -0.39 is 27.4 Å². The second-order valence-electron chi connectivity index (χ2n) is 5.48. The highest BCUT2D eigenvalue weighted by Gasteiger charge is 2.25. The highest BCUT2D eigenvalue weighted by Crippen LogP contribution is 2.30. The molecule has 8 nitrogen and oxygen atoms in total. The number of halogens is 1. The van der Waals surface area contributed by atoms with Gasteiger partial charge >= 0.3 is 0 Å². The van der Waals surface area contributed by atoms with E-state index >= 15 is 0 Å². The van der Waals surface area contributed by atoms with E-state index in [1.54, 1.807) is 24.3 Å². The number of benzene rings is 2. The zero-order chi connectivity index (χ0) is 19.5. The van der Waals surface area contributed by atoms with E-state index in [4.69, 9.17) is 0 Å². The average molecular weight is 442 g/mol. The Morgan fingerprint density at radius 3 is 2.46 bits per heavy atom. The van der Waals surface area contributed by atoms with Crippen LogP contribution in [0.25, 0.3) is 0 Å². The maximum Gasteiger partial charge on any atom is 0.274 e. The average Bonchev–Trinajstić information content (AvgIpc) is 2.54. The van der Waals surface area contributed by atoms with Crippen LogP contribution in [0.5, 0.6) is 0 Å². The number of carbonyl (C=O) groups is 1. The molecule has 0 aliphatic rings. The first-order valence-corrected chi connectivity index (χ1v) is 10.0. The van der Waals surface area contributed by atoms with Gasteiger partial charge in [0.1, 0.15) is 6.54 Å². The van der Waals surface area contributed by atoms with Crippen molar-refractivity contribution in [3.63, 3.8) is 0 Å². The summed E-state index contributed by atoms with van der Waals surface area (Å²) < 4.78 is 25.9. The first-order chi connectivity index (χ1) is 12.1. The first-order valence-electron chi connectivity index (χ1n) is 7.37. The summed E-state index contributed by atoms with van der Waals surface area (Å²) in [6.45, 7) is 0.930. The molecular formula is C16H16BrN3O5S. The molecule has 0 aliphatic heterocycles. The molecule has 26 heavy (non-hydrogen) atoms. The molecule has 2 rings (SSSR count). The lowest BCUT2D eigenvalue weighted by Crippen LogP contribution is -2.38. The van der Waals surface area contributed by atoms with Gasteiger partial charge in [-0.1, -0.05) is 18.2 Å². The van der Waals surface area contributed by atoms with Crippen molar-refractivity contribution in [3.05, 3.63) is 62.6 Å². The minimum atomic E-state index is -3.84. The van der Waals surface area contributed by atoms with E-state index in [1.165, 1.54) is 25.1 Å². The zero-order valence-electron chi connectivity index (χ0n) is 14.0. The van der Waals surface area contributed by atoms with Crippen LogP contribution in [0.4, 0.5) is 17.1 Å². The Kier molecular flexibility index (Phi) is 5.98. The third kappa shape index (κ3) is 4.58. The molecule has 1 amide bonds. The molecule has 2 aromatic rings. The van der Waals surface area contributed by atoms with Crippen molar-refractivity contribution in [2.45, 2.75) is 6.92 Å². The van der Waals surface area contributed by atoms with E-state index in [-0.39, 0.29) is 16.9 Å². The number of sulfonamides is 1. The molecule has 1 N–H and O–H groups in total. The van der Waals surface area contributed by atoms with Crippen molar-refractivity contribution in [2.75, 3.05) is 22.4 Å². The second kappa shape index (κ2) is 7.83. The van der Waals surface area contributed by atoms with Gasteiger partial charge < -0.3 is 5.32 Å². The molecule has 0 unspecified atom stereocenters. The molecule has 0 aromatic heterocycles. The Morgan fingerprint density at radius 2 is 1.88 bits per heavy atom. The van der Waals surface area contributed by atoms with Gasteiger partial charge in [-0.3, -0.25) is 19.2 Å². The van der Waals surface area contributed by atoms with E-state index in [1.807, 2.05) is 0 Å². The number of rotatable bonds is 6. The first kappa shape index (κ1) is 19.9.